The lowest BCUT2D eigenvalue weighted by Crippen LogP contribution is -2.28. The number of ether oxygens (including phenoxy) is 1. The summed E-state index contributed by atoms with van der Waals surface area (Å²) in [5, 5.41) is 2.79. The van der Waals surface area contributed by atoms with Gasteiger partial charge in [0.05, 0.1) is 13.0 Å². The zero-order chi connectivity index (χ0) is 13.9. The molecule has 0 fully saturated rings. The van der Waals surface area contributed by atoms with Crippen molar-refractivity contribution in [3.8, 4) is 0 Å². The van der Waals surface area contributed by atoms with Gasteiger partial charge in [-0.3, -0.25) is 9.59 Å². The molecule has 1 amide bonds. The van der Waals surface area contributed by atoms with Crippen LogP contribution in [0.1, 0.15) is 51.9 Å². The summed E-state index contributed by atoms with van der Waals surface area (Å²) in [5.74, 6) is 0.235. The Morgan fingerprint density at radius 3 is 2.95 bits per heavy atom. The van der Waals surface area contributed by atoms with Crippen molar-refractivity contribution in [2.24, 2.45) is 5.92 Å². The summed E-state index contributed by atoms with van der Waals surface area (Å²) in [4.78, 5) is 22.9. The van der Waals surface area contributed by atoms with E-state index in [1.54, 1.807) is 6.92 Å². The van der Waals surface area contributed by atoms with Gasteiger partial charge in [-0.2, -0.15) is 0 Å². The van der Waals surface area contributed by atoms with E-state index in [9.17, 15) is 9.59 Å². The molecule has 0 aromatic carbocycles. The van der Waals surface area contributed by atoms with Crippen molar-refractivity contribution in [1.29, 1.82) is 0 Å². The maximum absolute atomic E-state index is 11.8. The minimum Gasteiger partial charge on any atom is -0.466 e. The van der Waals surface area contributed by atoms with E-state index in [-0.39, 0.29) is 18.3 Å². The van der Waals surface area contributed by atoms with Crippen LogP contribution in [-0.4, -0.2) is 25.0 Å². The Hall–Kier alpha value is -1.32. The first-order valence-corrected chi connectivity index (χ1v) is 7.29. The Bertz CT molecular complexity index is 313. The van der Waals surface area contributed by atoms with Crippen LogP contribution in [0.3, 0.4) is 0 Å². The van der Waals surface area contributed by atoms with Crippen molar-refractivity contribution in [3.05, 3.63) is 12.2 Å². The molecule has 0 bridgehead atoms. The van der Waals surface area contributed by atoms with Gasteiger partial charge in [-0.05, 0) is 38.5 Å². The fraction of sp³-hybridized carbons (Fsp3) is 0.733. The second kappa shape index (κ2) is 9.59. The molecule has 4 nitrogen and oxygen atoms in total. The van der Waals surface area contributed by atoms with Crippen LogP contribution in [0.25, 0.3) is 0 Å². The number of amides is 1. The maximum atomic E-state index is 11.8. The molecule has 19 heavy (non-hydrogen) atoms. The number of carbonyl (C=O) groups is 2. The fourth-order valence-corrected chi connectivity index (χ4v) is 2.28. The van der Waals surface area contributed by atoms with Crippen LogP contribution in [0.2, 0.25) is 0 Å². The lowest BCUT2D eigenvalue weighted by molar-refractivity contribution is -0.143. The zero-order valence-electron chi connectivity index (χ0n) is 11.8. The van der Waals surface area contributed by atoms with Crippen molar-refractivity contribution in [2.45, 2.75) is 51.9 Å². The van der Waals surface area contributed by atoms with Crippen molar-refractivity contribution >= 4 is 11.9 Å². The molecule has 108 valence electrons. The summed E-state index contributed by atoms with van der Waals surface area (Å²) >= 11 is 0. The van der Waals surface area contributed by atoms with Crippen molar-refractivity contribution in [2.75, 3.05) is 13.2 Å². The highest BCUT2D eigenvalue weighted by Crippen LogP contribution is 2.20. The average molecular weight is 267 g/mol. The van der Waals surface area contributed by atoms with Gasteiger partial charge in [0, 0.05) is 13.0 Å². The Morgan fingerprint density at radius 2 is 2.16 bits per heavy atom. The summed E-state index contributed by atoms with van der Waals surface area (Å²) in [6.07, 6.45) is 10.9. The van der Waals surface area contributed by atoms with E-state index in [0.29, 0.717) is 25.5 Å². The monoisotopic (exact) mass is 267 g/mol. The third-order valence-corrected chi connectivity index (χ3v) is 3.30. The number of hydrogen-bond donors (Lipinski definition) is 1. The summed E-state index contributed by atoms with van der Waals surface area (Å²) in [6.45, 7) is 2.54. The molecule has 0 heterocycles. The van der Waals surface area contributed by atoms with Crippen molar-refractivity contribution in [1.82, 2.24) is 5.32 Å². The van der Waals surface area contributed by atoms with Crippen LogP contribution in [0.4, 0.5) is 0 Å². The van der Waals surface area contributed by atoms with Gasteiger partial charge in [0.2, 0.25) is 5.91 Å². The van der Waals surface area contributed by atoms with Crippen LogP contribution < -0.4 is 5.32 Å². The molecule has 0 radical (unpaired) electrons. The average Bonchev–Trinajstić information content (AvgIpc) is 2.33. The molecule has 1 aliphatic rings. The van der Waals surface area contributed by atoms with E-state index in [1.807, 2.05) is 0 Å². The van der Waals surface area contributed by atoms with E-state index in [1.165, 1.54) is 19.3 Å². The second-order valence-electron chi connectivity index (χ2n) is 4.97. The van der Waals surface area contributed by atoms with Gasteiger partial charge in [-0.15, -0.1) is 0 Å². The van der Waals surface area contributed by atoms with Crippen LogP contribution in [0, 0.1) is 5.92 Å². The second-order valence-corrected chi connectivity index (χ2v) is 4.97. The summed E-state index contributed by atoms with van der Waals surface area (Å²) in [7, 11) is 0. The molecule has 1 unspecified atom stereocenters. The Labute approximate surface area is 115 Å². The number of nitrogens with one attached hydrogen (secondary N) is 1. The summed E-state index contributed by atoms with van der Waals surface area (Å²) in [5.41, 5.74) is 0. The van der Waals surface area contributed by atoms with Gasteiger partial charge >= 0.3 is 5.97 Å². The van der Waals surface area contributed by atoms with Crippen LogP contribution in [-0.2, 0) is 14.3 Å². The van der Waals surface area contributed by atoms with Crippen LogP contribution in [0.15, 0.2) is 12.2 Å². The van der Waals surface area contributed by atoms with Crippen molar-refractivity contribution < 1.29 is 14.3 Å². The molecular weight excluding hydrogens is 242 g/mol. The van der Waals surface area contributed by atoms with E-state index >= 15 is 0 Å². The summed E-state index contributed by atoms with van der Waals surface area (Å²) < 4.78 is 4.80. The predicted molar refractivity (Wildman–Crippen MR) is 74.6 cm³/mol. The molecule has 1 rings (SSSR count). The largest absolute Gasteiger partial charge is 0.466 e. The molecule has 1 aliphatic carbocycles. The highest BCUT2D eigenvalue weighted by molar-refractivity contribution is 5.77. The van der Waals surface area contributed by atoms with E-state index in [4.69, 9.17) is 4.74 Å². The maximum Gasteiger partial charge on any atom is 0.307 e. The molecule has 4 heteroatoms. The lowest BCUT2D eigenvalue weighted by atomic mass is 9.92. The Kier molecular flexibility index (Phi) is 7.94. The van der Waals surface area contributed by atoms with Gasteiger partial charge in [-0.1, -0.05) is 18.6 Å². The fourth-order valence-electron chi connectivity index (χ4n) is 2.28. The minimum absolute atomic E-state index is 0.0447. The number of allylic oxidation sites excluding steroid dienone is 2. The molecule has 0 saturated carbocycles. The number of hydrogen-bond acceptors (Lipinski definition) is 3. The number of esters is 1. The molecule has 0 aromatic heterocycles. The molecule has 0 saturated heterocycles. The molecule has 0 aromatic rings. The quantitative estimate of drug-likeness (QED) is 0.594. The Balaban J connectivity index is 2.17. The predicted octanol–water partition coefficient (Wildman–Crippen LogP) is 2.58. The normalized spacial score (nSPS) is 21.0. The first kappa shape index (κ1) is 15.7. The van der Waals surface area contributed by atoms with Crippen LogP contribution >= 0.6 is 0 Å². The van der Waals surface area contributed by atoms with E-state index < -0.39 is 0 Å². The highest BCUT2D eigenvalue weighted by atomic mass is 16.5. The van der Waals surface area contributed by atoms with Gasteiger partial charge in [-0.25, -0.2) is 0 Å². The molecule has 0 spiro atoms. The molecular formula is C15H25NO3. The smallest absolute Gasteiger partial charge is 0.307 e. The standard InChI is InChI=1S/C15H25NO3/c1-2-19-15(18)10-11-16-14(17)12-13-8-6-4-3-5-7-9-13/h4,6,13H,2-3,5,7-12H2,1H3,(H,16,17)/b6-4+. The van der Waals surface area contributed by atoms with Gasteiger partial charge in [0.1, 0.15) is 0 Å². The SMILES string of the molecule is CCOC(=O)CCNC(=O)CC1C/C=C/CCCC1. The number of carbonyl (C=O) groups excluding carboxylic acids is 2. The first-order valence-electron chi connectivity index (χ1n) is 7.29. The third-order valence-electron chi connectivity index (χ3n) is 3.30. The van der Waals surface area contributed by atoms with E-state index in [0.717, 1.165) is 12.8 Å². The van der Waals surface area contributed by atoms with Crippen molar-refractivity contribution in [3.63, 3.8) is 0 Å². The van der Waals surface area contributed by atoms with E-state index in [2.05, 4.69) is 17.5 Å². The lowest BCUT2D eigenvalue weighted by Gasteiger charge is -2.16. The number of rotatable bonds is 6. The van der Waals surface area contributed by atoms with Gasteiger partial charge in [0.15, 0.2) is 0 Å². The highest BCUT2D eigenvalue weighted by Gasteiger charge is 2.13. The molecule has 1 atom stereocenters. The molecule has 0 aliphatic heterocycles. The third kappa shape index (κ3) is 7.65. The summed E-state index contributed by atoms with van der Waals surface area (Å²) in [6, 6.07) is 0. The first-order chi connectivity index (χ1) is 9.22. The topological polar surface area (TPSA) is 55.4 Å². The minimum atomic E-state index is -0.253. The zero-order valence-corrected chi connectivity index (χ0v) is 11.8. The Morgan fingerprint density at radius 1 is 1.32 bits per heavy atom. The van der Waals surface area contributed by atoms with Crippen LogP contribution in [0.5, 0.6) is 0 Å². The van der Waals surface area contributed by atoms with Gasteiger partial charge in [0.25, 0.3) is 0 Å². The van der Waals surface area contributed by atoms with Gasteiger partial charge < -0.3 is 10.1 Å². The molecule has 1 N–H and O–H groups in total.